The van der Waals surface area contributed by atoms with Crippen LogP contribution >= 0.6 is 0 Å². The highest BCUT2D eigenvalue weighted by Gasteiger charge is 2.21. The molecule has 2 aromatic carbocycles. The minimum absolute atomic E-state index is 0.0141. The molecule has 19 heteroatoms. The average Bonchev–Trinajstić information content (AvgIpc) is 3.88. The van der Waals surface area contributed by atoms with Crippen LogP contribution in [0.5, 0.6) is 5.75 Å². The van der Waals surface area contributed by atoms with E-state index in [1.807, 2.05) is 0 Å². The van der Waals surface area contributed by atoms with E-state index in [0.717, 1.165) is 18.2 Å². The van der Waals surface area contributed by atoms with Gasteiger partial charge in [0.05, 0.1) is 29.1 Å². The Labute approximate surface area is 290 Å². The van der Waals surface area contributed by atoms with Crippen molar-refractivity contribution in [1.82, 2.24) is 39.5 Å². The minimum atomic E-state index is -1.52. The SMILES string of the molecule is O=C(Nc1cc(CCCOc2cc(NC(=O)c3ccc(-n4ccnc4)nn3)c(C(=O)O)cc2F)c(F)cc1C(=O)O)c1ccc(-n2ccnc2)nn1. The second-order valence-corrected chi connectivity index (χ2v) is 10.8. The van der Waals surface area contributed by atoms with E-state index in [1.54, 1.807) is 21.5 Å². The number of hydrogen-bond acceptors (Lipinski definition) is 11. The molecule has 0 spiro atoms. The first-order valence-corrected chi connectivity index (χ1v) is 15.1. The van der Waals surface area contributed by atoms with Gasteiger partial charge in [0, 0.05) is 30.9 Å². The smallest absolute Gasteiger partial charge is 0.337 e. The van der Waals surface area contributed by atoms with E-state index in [2.05, 4.69) is 41.0 Å². The Hall–Kier alpha value is -7.44. The number of carboxylic acid groups (broad SMARTS) is 2. The third-order valence-electron chi connectivity index (χ3n) is 7.37. The lowest BCUT2D eigenvalue weighted by Gasteiger charge is -2.14. The molecule has 0 saturated carbocycles. The number of amides is 2. The Morgan fingerprint density at radius 2 is 1.21 bits per heavy atom. The molecule has 4 heterocycles. The summed E-state index contributed by atoms with van der Waals surface area (Å²) < 4.78 is 38.4. The summed E-state index contributed by atoms with van der Waals surface area (Å²) in [6.07, 6.45) is 9.29. The van der Waals surface area contributed by atoms with Crippen LogP contribution in [0.4, 0.5) is 20.2 Å². The number of benzene rings is 2. The molecule has 17 nitrogen and oxygen atoms in total. The molecule has 0 radical (unpaired) electrons. The summed E-state index contributed by atoms with van der Waals surface area (Å²) in [7, 11) is 0. The van der Waals surface area contributed by atoms with E-state index in [0.29, 0.717) is 17.7 Å². The van der Waals surface area contributed by atoms with Gasteiger partial charge in [-0.25, -0.2) is 28.3 Å². The van der Waals surface area contributed by atoms with Crippen molar-refractivity contribution in [2.24, 2.45) is 0 Å². The van der Waals surface area contributed by atoms with Crippen molar-refractivity contribution in [2.45, 2.75) is 12.8 Å². The summed E-state index contributed by atoms with van der Waals surface area (Å²) in [5, 5.41) is 39.6. The number of nitrogens with one attached hydrogen (secondary N) is 2. The second-order valence-electron chi connectivity index (χ2n) is 10.8. The van der Waals surface area contributed by atoms with Gasteiger partial charge in [-0.05, 0) is 60.9 Å². The van der Waals surface area contributed by atoms with Crippen molar-refractivity contribution in [1.29, 1.82) is 0 Å². The summed E-state index contributed by atoms with van der Waals surface area (Å²) >= 11 is 0. The number of anilines is 2. The van der Waals surface area contributed by atoms with Gasteiger partial charge in [-0.15, -0.1) is 20.4 Å². The molecule has 4 aromatic heterocycles. The third-order valence-corrected chi connectivity index (χ3v) is 7.37. The van der Waals surface area contributed by atoms with Crippen LogP contribution in [0.3, 0.4) is 0 Å². The van der Waals surface area contributed by atoms with E-state index in [4.69, 9.17) is 4.74 Å². The number of aromatic nitrogens is 8. The van der Waals surface area contributed by atoms with Gasteiger partial charge in [-0.2, -0.15) is 0 Å². The zero-order chi connectivity index (χ0) is 36.8. The first kappa shape index (κ1) is 34.4. The highest BCUT2D eigenvalue weighted by Crippen LogP contribution is 2.28. The van der Waals surface area contributed by atoms with Gasteiger partial charge >= 0.3 is 11.9 Å². The van der Waals surface area contributed by atoms with Crippen molar-refractivity contribution in [3.05, 3.63) is 126 Å². The first-order chi connectivity index (χ1) is 25.1. The van der Waals surface area contributed by atoms with Crippen molar-refractivity contribution >= 4 is 35.1 Å². The van der Waals surface area contributed by atoms with Crippen LogP contribution in [0, 0.1) is 11.6 Å². The van der Waals surface area contributed by atoms with Gasteiger partial charge in [0.15, 0.2) is 34.6 Å². The molecular weight excluding hydrogens is 686 g/mol. The van der Waals surface area contributed by atoms with Gasteiger partial charge in [0.2, 0.25) is 0 Å². The van der Waals surface area contributed by atoms with Crippen LogP contribution < -0.4 is 15.4 Å². The number of hydrogen-bond donors (Lipinski definition) is 4. The fraction of sp³-hybridized carbons (Fsp3) is 0.0909. The predicted octanol–water partition coefficient (Wildman–Crippen LogP) is 3.83. The monoisotopic (exact) mass is 710 g/mol. The molecule has 0 bridgehead atoms. The number of nitrogens with zero attached hydrogens (tertiary/aromatic N) is 8. The van der Waals surface area contributed by atoms with Crippen LogP contribution in [-0.4, -0.2) is 80.1 Å². The fourth-order valence-electron chi connectivity index (χ4n) is 4.81. The number of carboxylic acids is 2. The van der Waals surface area contributed by atoms with Crippen molar-refractivity contribution in [2.75, 3.05) is 17.2 Å². The molecule has 0 aliphatic carbocycles. The van der Waals surface area contributed by atoms with E-state index in [1.165, 1.54) is 49.3 Å². The maximum atomic E-state index is 15.0. The van der Waals surface area contributed by atoms with E-state index in [-0.39, 0.29) is 47.8 Å². The summed E-state index contributed by atoms with van der Waals surface area (Å²) in [4.78, 5) is 57.2. The molecule has 0 fully saturated rings. The molecule has 4 N–H and O–H groups in total. The number of halogens is 2. The molecule has 6 aromatic rings. The third kappa shape index (κ3) is 7.72. The number of carbonyl (C=O) groups excluding carboxylic acids is 2. The van der Waals surface area contributed by atoms with Gasteiger partial charge in [0.1, 0.15) is 18.5 Å². The average molecular weight is 711 g/mol. The van der Waals surface area contributed by atoms with Crippen LogP contribution in [0.1, 0.15) is 53.7 Å². The number of carbonyl (C=O) groups is 4. The lowest BCUT2D eigenvalue weighted by atomic mass is 10.0. The molecule has 262 valence electrons. The number of rotatable bonds is 13. The van der Waals surface area contributed by atoms with Crippen LogP contribution in [0.25, 0.3) is 11.6 Å². The maximum absolute atomic E-state index is 15.0. The molecule has 0 aliphatic heterocycles. The van der Waals surface area contributed by atoms with Crippen molar-refractivity contribution in [3.8, 4) is 17.4 Å². The predicted molar refractivity (Wildman–Crippen MR) is 175 cm³/mol. The standard InChI is InChI=1S/C33H24F2N10O7/c34-21-13-19(32(48)49)25(38-30(46)23-3-5-28(42-40-23)44-9-7-36-16-44)12-18(21)2-1-11-52-27-15-26(20(33(50)51)14-22(27)35)39-31(47)24-4-6-29(43-41-24)45-10-8-37-17-45/h3-10,12-17H,1-2,11H2,(H,38,46)(H,39,47)(H,48,49)(H,50,51). The number of imidazole rings is 2. The van der Waals surface area contributed by atoms with E-state index < -0.39 is 52.3 Å². The fourth-order valence-corrected chi connectivity index (χ4v) is 4.81. The van der Waals surface area contributed by atoms with E-state index in [9.17, 15) is 38.2 Å². The quantitative estimate of drug-likeness (QED) is 0.125. The number of ether oxygens (including phenoxy) is 1. The summed E-state index contributed by atoms with van der Waals surface area (Å²) in [5.41, 5.74) is -1.84. The molecule has 2 amide bonds. The Balaban J connectivity index is 1.11. The van der Waals surface area contributed by atoms with E-state index >= 15 is 0 Å². The Morgan fingerprint density at radius 1 is 0.692 bits per heavy atom. The highest BCUT2D eigenvalue weighted by molar-refractivity contribution is 6.07. The molecule has 6 rings (SSSR count). The normalized spacial score (nSPS) is 10.8. The van der Waals surface area contributed by atoms with Crippen LogP contribution in [-0.2, 0) is 6.42 Å². The molecule has 0 atom stereocenters. The zero-order valence-electron chi connectivity index (χ0n) is 26.5. The maximum Gasteiger partial charge on any atom is 0.337 e. The summed E-state index contributed by atoms with van der Waals surface area (Å²) in [6.45, 7) is -0.210. The Bertz CT molecular complexity index is 2110. The molecular formula is C33H24F2N10O7. The number of aromatic carboxylic acids is 2. The van der Waals surface area contributed by atoms with Gasteiger partial charge in [0.25, 0.3) is 11.8 Å². The molecule has 0 aliphatic rings. The van der Waals surface area contributed by atoms with Crippen LogP contribution in [0.15, 0.2) is 86.0 Å². The number of aryl methyl sites for hydroxylation is 1. The van der Waals surface area contributed by atoms with Crippen molar-refractivity contribution in [3.63, 3.8) is 0 Å². The largest absolute Gasteiger partial charge is 0.490 e. The zero-order valence-corrected chi connectivity index (χ0v) is 26.5. The minimum Gasteiger partial charge on any atom is -0.490 e. The molecule has 0 saturated heterocycles. The summed E-state index contributed by atoms with van der Waals surface area (Å²) in [6, 6.07) is 9.30. The van der Waals surface area contributed by atoms with Crippen LogP contribution in [0.2, 0.25) is 0 Å². The first-order valence-electron chi connectivity index (χ1n) is 15.1. The van der Waals surface area contributed by atoms with Gasteiger partial charge in [-0.3, -0.25) is 18.7 Å². The lowest BCUT2D eigenvalue weighted by Crippen LogP contribution is -2.18. The topological polar surface area (TPSA) is 229 Å². The van der Waals surface area contributed by atoms with Gasteiger partial charge < -0.3 is 25.6 Å². The van der Waals surface area contributed by atoms with Crippen molar-refractivity contribution < 1.29 is 42.9 Å². The Morgan fingerprint density at radius 3 is 1.67 bits per heavy atom. The Kier molecular flexibility index (Phi) is 9.92. The second kappa shape index (κ2) is 15.0. The molecule has 0 unspecified atom stereocenters. The highest BCUT2D eigenvalue weighted by atomic mass is 19.1. The van der Waals surface area contributed by atoms with Gasteiger partial charge in [-0.1, -0.05) is 0 Å². The summed E-state index contributed by atoms with van der Waals surface area (Å²) in [5.74, 6) is -6.20. The molecule has 52 heavy (non-hydrogen) atoms. The lowest BCUT2D eigenvalue weighted by molar-refractivity contribution is 0.0686.